The lowest BCUT2D eigenvalue weighted by molar-refractivity contribution is 0.265. The van der Waals surface area contributed by atoms with Crippen LogP contribution < -0.4 is 5.73 Å². The highest BCUT2D eigenvalue weighted by Crippen LogP contribution is 2.37. The maximum Gasteiger partial charge on any atom is 0.0521 e. The lowest BCUT2D eigenvalue weighted by atomic mass is 9.73. The van der Waals surface area contributed by atoms with Crippen molar-refractivity contribution in [3.05, 3.63) is 53.9 Å². The molecule has 1 aliphatic rings. The maximum absolute atomic E-state index is 6.37. The molecular weight excluding hydrogens is 258 g/mol. The first-order chi connectivity index (χ1) is 10.2. The number of nitrogens with zero attached hydrogens (tertiary/aromatic N) is 2. The Morgan fingerprint density at radius 1 is 1.24 bits per heavy atom. The summed E-state index contributed by atoms with van der Waals surface area (Å²) in [5.41, 5.74) is 9.18. The average Bonchev–Trinajstić information content (AvgIpc) is 2.93. The van der Waals surface area contributed by atoms with E-state index < -0.39 is 0 Å². The number of aryl methyl sites for hydroxylation is 2. The van der Waals surface area contributed by atoms with Crippen LogP contribution in [0.4, 0.5) is 0 Å². The molecule has 21 heavy (non-hydrogen) atoms. The number of rotatable bonds is 4. The molecule has 1 aliphatic carbocycles. The van der Waals surface area contributed by atoms with Gasteiger partial charge in [-0.2, -0.15) is 5.10 Å². The van der Waals surface area contributed by atoms with E-state index in [4.69, 9.17) is 5.73 Å². The van der Waals surface area contributed by atoms with E-state index in [1.165, 1.54) is 30.4 Å². The van der Waals surface area contributed by atoms with Gasteiger partial charge in [0.25, 0.3) is 0 Å². The summed E-state index contributed by atoms with van der Waals surface area (Å²) in [5.74, 6) is 1.31. The molecular formula is C18H25N3. The van der Waals surface area contributed by atoms with Crippen LogP contribution in [-0.4, -0.2) is 15.8 Å². The van der Waals surface area contributed by atoms with Crippen LogP contribution >= 0.6 is 0 Å². The van der Waals surface area contributed by atoms with Crippen molar-refractivity contribution in [2.45, 2.75) is 44.1 Å². The summed E-state index contributed by atoms with van der Waals surface area (Å²) >= 11 is 0. The molecule has 1 aromatic heterocycles. The van der Waals surface area contributed by atoms with Gasteiger partial charge in [0.15, 0.2) is 0 Å². The fourth-order valence-corrected chi connectivity index (χ4v) is 3.60. The molecule has 3 rings (SSSR count). The zero-order valence-corrected chi connectivity index (χ0v) is 12.8. The van der Waals surface area contributed by atoms with Crippen LogP contribution in [0.25, 0.3) is 0 Å². The van der Waals surface area contributed by atoms with E-state index in [2.05, 4.69) is 41.6 Å². The molecule has 0 spiro atoms. The minimum atomic E-state index is 0.363. The third-order valence-corrected chi connectivity index (χ3v) is 4.87. The van der Waals surface area contributed by atoms with E-state index in [1.807, 2.05) is 17.9 Å². The first kappa shape index (κ1) is 14.3. The second kappa shape index (κ2) is 6.44. The predicted octanol–water partition coefficient (Wildman–Crippen LogP) is 3.26. The molecule has 0 radical (unpaired) electrons. The summed E-state index contributed by atoms with van der Waals surface area (Å²) < 4.78 is 1.88. The Hall–Kier alpha value is -1.61. The molecule has 3 unspecified atom stereocenters. The van der Waals surface area contributed by atoms with Crippen molar-refractivity contribution >= 4 is 0 Å². The topological polar surface area (TPSA) is 43.8 Å². The molecule has 3 nitrogen and oxygen atoms in total. The van der Waals surface area contributed by atoms with E-state index in [0.29, 0.717) is 17.9 Å². The van der Waals surface area contributed by atoms with Gasteiger partial charge in [-0.1, -0.05) is 30.3 Å². The lowest BCUT2D eigenvalue weighted by Gasteiger charge is -2.34. The lowest BCUT2D eigenvalue weighted by Crippen LogP contribution is -2.35. The third kappa shape index (κ3) is 3.53. The van der Waals surface area contributed by atoms with Gasteiger partial charge in [-0.15, -0.1) is 0 Å². The van der Waals surface area contributed by atoms with Crippen molar-refractivity contribution in [1.29, 1.82) is 0 Å². The Morgan fingerprint density at radius 3 is 2.76 bits per heavy atom. The SMILES string of the molecule is Cn1cc(CCC2CC(c3ccccc3)CCC2N)cn1. The van der Waals surface area contributed by atoms with E-state index in [9.17, 15) is 0 Å². The molecule has 3 heteroatoms. The highest BCUT2D eigenvalue weighted by molar-refractivity contribution is 5.20. The molecule has 1 heterocycles. The van der Waals surface area contributed by atoms with Gasteiger partial charge in [0.2, 0.25) is 0 Å². The molecule has 2 N–H and O–H groups in total. The first-order valence-electron chi connectivity index (χ1n) is 8.00. The molecule has 2 aromatic rings. The molecule has 0 aliphatic heterocycles. The molecule has 3 atom stereocenters. The quantitative estimate of drug-likeness (QED) is 0.936. The fourth-order valence-electron chi connectivity index (χ4n) is 3.60. The smallest absolute Gasteiger partial charge is 0.0521 e. The van der Waals surface area contributed by atoms with Gasteiger partial charge in [-0.05, 0) is 55.1 Å². The summed E-state index contributed by atoms with van der Waals surface area (Å²) in [6.07, 6.45) is 9.97. The van der Waals surface area contributed by atoms with Gasteiger partial charge in [0.1, 0.15) is 0 Å². The van der Waals surface area contributed by atoms with Gasteiger partial charge < -0.3 is 5.73 Å². The number of benzene rings is 1. The highest BCUT2D eigenvalue weighted by atomic mass is 15.2. The standard InChI is InChI=1S/C18H25N3/c1-21-13-14(12-20-21)7-8-17-11-16(9-10-18(17)19)15-5-3-2-4-6-15/h2-6,12-13,16-18H,7-11,19H2,1H3. The molecule has 112 valence electrons. The van der Waals surface area contributed by atoms with Crippen LogP contribution in [-0.2, 0) is 13.5 Å². The minimum absolute atomic E-state index is 0.363. The summed E-state index contributed by atoms with van der Waals surface area (Å²) in [7, 11) is 1.97. The van der Waals surface area contributed by atoms with Gasteiger partial charge in [-0.25, -0.2) is 0 Å². The van der Waals surface area contributed by atoms with E-state index in [1.54, 1.807) is 0 Å². The zero-order valence-electron chi connectivity index (χ0n) is 12.8. The van der Waals surface area contributed by atoms with Crippen LogP contribution in [0, 0.1) is 5.92 Å². The second-order valence-electron chi connectivity index (χ2n) is 6.41. The van der Waals surface area contributed by atoms with Crippen molar-refractivity contribution in [3.63, 3.8) is 0 Å². The molecule has 1 saturated carbocycles. The Balaban J connectivity index is 1.61. The summed E-state index contributed by atoms with van der Waals surface area (Å²) in [4.78, 5) is 0. The number of aromatic nitrogens is 2. The highest BCUT2D eigenvalue weighted by Gasteiger charge is 2.28. The normalized spacial score (nSPS) is 25.9. The van der Waals surface area contributed by atoms with Gasteiger partial charge in [0, 0.05) is 19.3 Å². The second-order valence-corrected chi connectivity index (χ2v) is 6.41. The van der Waals surface area contributed by atoms with E-state index in [0.717, 1.165) is 12.8 Å². The van der Waals surface area contributed by atoms with Gasteiger partial charge >= 0.3 is 0 Å². The van der Waals surface area contributed by atoms with Crippen molar-refractivity contribution in [1.82, 2.24) is 9.78 Å². The van der Waals surface area contributed by atoms with Crippen LogP contribution in [0.1, 0.15) is 42.7 Å². The molecule has 1 fully saturated rings. The number of hydrogen-bond donors (Lipinski definition) is 1. The third-order valence-electron chi connectivity index (χ3n) is 4.87. The maximum atomic E-state index is 6.37. The van der Waals surface area contributed by atoms with Gasteiger partial charge in [-0.3, -0.25) is 4.68 Å². The van der Waals surface area contributed by atoms with Crippen LogP contribution in [0.2, 0.25) is 0 Å². The summed E-state index contributed by atoms with van der Waals surface area (Å²) in [5, 5.41) is 4.25. The monoisotopic (exact) mass is 283 g/mol. The zero-order chi connectivity index (χ0) is 14.7. The van der Waals surface area contributed by atoms with Crippen LogP contribution in [0.15, 0.2) is 42.7 Å². The average molecular weight is 283 g/mol. The first-order valence-corrected chi connectivity index (χ1v) is 8.00. The summed E-state index contributed by atoms with van der Waals surface area (Å²) in [6.45, 7) is 0. The van der Waals surface area contributed by atoms with Crippen LogP contribution in [0.3, 0.4) is 0 Å². The Bertz CT molecular complexity index is 561. The Morgan fingerprint density at radius 2 is 2.05 bits per heavy atom. The van der Waals surface area contributed by atoms with Crippen molar-refractivity contribution in [3.8, 4) is 0 Å². The molecule has 0 amide bonds. The van der Waals surface area contributed by atoms with Crippen molar-refractivity contribution < 1.29 is 0 Å². The van der Waals surface area contributed by atoms with Crippen molar-refractivity contribution in [2.24, 2.45) is 18.7 Å². The number of hydrogen-bond acceptors (Lipinski definition) is 2. The largest absolute Gasteiger partial charge is 0.327 e. The predicted molar refractivity (Wildman–Crippen MR) is 86.0 cm³/mol. The van der Waals surface area contributed by atoms with Gasteiger partial charge in [0.05, 0.1) is 6.20 Å². The van der Waals surface area contributed by atoms with E-state index in [-0.39, 0.29) is 0 Å². The van der Waals surface area contributed by atoms with Crippen molar-refractivity contribution in [2.75, 3.05) is 0 Å². The van der Waals surface area contributed by atoms with Crippen LogP contribution in [0.5, 0.6) is 0 Å². The molecule has 0 saturated heterocycles. The number of nitrogens with two attached hydrogens (primary N) is 1. The Labute approximate surface area is 127 Å². The summed E-state index contributed by atoms with van der Waals surface area (Å²) in [6, 6.07) is 11.3. The molecule has 1 aromatic carbocycles. The minimum Gasteiger partial charge on any atom is -0.327 e. The molecule has 0 bridgehead atoms. The Kier molecular flexibility index (Phi) is 4.39. The fraction of sp³-hybridized carbons (Fsp3) is 0.500. The van der Waals surface area contributed by atoms with E-state index >= 15 is 0 Å².